The Balaban J connectivity index is 2.28. The minimum Gasteiger partial charge on any atom is -0.362 e. The number of hydrogen-bond acceptors (Lipinski definition) is 5. The number of hydrogen-bond donors (Lipinski definition) is 0. The van der Waals surface area contributed by atoms with Crippen molar-refractivity contribution in [3.05, 3.63) is 49.4 Å². The number of nitro benzene ring substituents is 1. The van der Waals surface area contributed by atoms with E-state index in [9.17, 15) is 10.1 Å². The van der Waals surface area contributed by atoms with Gasteiger partial charge in [0.25, 0.3) is 5.69 Å². The second-order valence-corrected chi connectivity index (χ2v) is 5.51. The van der Waals surface area contributed by atoms with E-state index in [0.717, 1.165) is 10.7 Å². The van der Waals surface area contributed by atoms with E-state index in [2.05, 4.69) is 4.98 Å². The van der Waals surface area contributed by atoms with Crippen LogP contribution in [0.5, 0.6) is 0 Å². The Kier molecular flexibility index (Phi) is 4.01. The number of thiazole rings is 1. The SMILES string of the molecule is Cc1csc(CN(C)c2ccc(Cl)cc2[N+](=O)[O-])n1. The quantitative estimate of drug-likeness (QED) is 0.638. The fraction of sp³-hybridized carbons (Fsp3) is 0.250. The van der Waals surface area contributed by atoms with Gasteiger partial charge in [-0.25, -0.2) is 4.98 Å². The molecule has 1 aromatic heterocycles. The molecule has 0 saturated heterocycles. The Morgan fingerprint density at radius 3 is 2.84 bits per heavy atom. The number of nitro groups is 1. The molecule has 1 aromatic carbocycles. The molecule has 19 heavy (non-hydrogen) atoms. The predicted molar refractivity (Wildman–Crippen MR) is 77.1 cm³/mol. The zero-order chi connectivity index (χ0) is 14.0. The van der Waals surface area contributed by atoms with Gasteiger partial charge in [0, 0.05) is 29.2 Å². The minimum absolute atomic E-state index is 0.00304. The summed E-state index contributed by atoms with van der Waals surface area (Å²) in [7, 11) is 1.80. The van der Waals surface area contributed by atoms with Crippen LogP contribution in [0.3, 0.4) is 0 Å². The predicted octanol–water partition coefficient (Wildman–Crippen LogP) is 3.65. The standard InChI is InChI=1S/C12H12ClN3O2S/c1-8-7-19-12(14-8)6-15(2)10-4-3-9(13)5-11(10)16(17)18/h3-5,7H,6H2,1-2H3. The summed E-state index contributed by atoms with van der Waals surface area (Å²) >= 11 is 7.34. The number of aryl methyl sites for hydroxylation is 1. The molecule has 0 aliphatic rings. The van der Waals surface area contributed by atoms with Gasteiger partial charge in [0.2, 0.25) is 0 Å². The van der Waals surface area contributed by atoms with Gasteiger partial charge < -0.3 is 4.90 Å². The molecule has 2 aromatic rings. The Morgan fingerprint density at radius 2 is 2.26 bits per heavy atom. The maximum absolute atomic E-state index is 11.0. The summed E-state index contributed by atoms with van der Waals surface area (Å²) in [5.41, 5.74) is 1.49. The molecular formula is C12H12ClN3O2S. The maximum atomic E-state index is 11.0. The minimum atomic E-state index is -0.426. The summed E-state index contributed by atoms with van der Waals surface area (Å²) in [4.78, 5) is 16.8. The van der Waals surface area contributed by atoms with Gasteiger partial charge >= 0.3 is 0 Å². The summed E-state index contributed by atoms with van der Waals surface area (Å²) in [5.74, 6) is 0. The van der Waals surface area contributed by atoms with Gasteiger partial charge in [0.05, 0.1) is 11.5 Å². The zero-order valence-electron chi connectivity index (χ0n) is 10.5. The summed E-state index contributed by atoms with van der Waals surface area (Å²) in [6.45, 7) is 2.45. The highest BCUT2D eigenvalue weighted by Gasteiger charge is 2.18. The van der Waals surface area contributed by atoms with E-state index >= 15 is 0 Å². The molecule has 5 nitrogen and oxygen atoms in total. The average molecular weight is 298 g/mol. The first kappa shape index (κ1) is 13.8. The monoisotopic (exact) mass is 297 g/mol. The Hall–Kier alpha value is -1.66. The lowest BCUT2D eigenvalue weighted by molar-refractivity contribution is -0.384. The van der Waals surface area contributed by atoms with Gasteiger partial charge in [0.1, 0.15) is 10.7 Å². The normalized spacial score (nSPS) is 10.5. The number of benzene rings is 1. The van der Waals surface area contributed by atoms with Crippen molar-refractivity contribution < 1.29 is 4.92 Å². The number of halogens is 1. The number of rotatable bonds is 4. The average Bonchev–Trinajstić information content (AvgIpc) is 2.74. The number of nitrogens with zero attached hydrogens (tertiary/aromatic N) is 3. The topological polar surface area (TPSA) is 59.3 Å². The van der Waals surface area contributed by atoms with Gasteiger partial charge in [-0.3, -0.25) is 10.1 Å². The van der Waals surface area contributed by atoms with Crippen LogP contribution in [0.25, 0.3) is 0 Å². The zero-order valence-corrected chi connectivity index (χ0v) is 12.0. The van der Waals surface area contributed by atoms with Gasteiger partial charge in [0.15, 0.2) is 0 Å². The van der Waals surface area contributed by atoms with E-state index in [1.807, 2.05) is 12.3 Å². The lowest BCUT2D eigenvalue weighted by Gasteiger charge is -2.17. The van der Waals surface area contributed by atoms with E-state index in [-0.39, 0.29) is 5.69 Å². The van der Waals surface area contributed by atoms with Crippen molar-refractivity contribution in [1.29, 1.82) is 0 Å². The van der Waals surface area contributed by atoms with Gasteiger partial charge in [-0.2, -0.15) is 0 Å². The van der Waals surface area contributed by atoms with E-state index in [1.165, 1.54) is 6.07 Å². The fourth-order valence-electron chi connectivity index (χ4n) is 1.73. The fourth-order valence-corrected chi connectivity index (χ4v) is 2.72. The van der Waals surface area contributed by atoms with Crippen LogP contribution in [-0.2, 0) is 6.54 Å². The lowest BCUT2D eigenvalue weighted by Crippen LogP contribution is -2.17. The molecule has 1 heterocycles. The largest absolute Gasteiger partial charge is 0.362 e. The van der Waals surface area contributed by atoms with Crippen molar-refractivity contribution in [2.75, 3.05) is 11.9 Å². The molecule has 0 fully saturated rings. The number of anilines is 1. The van der Waals surface area contributed by atoms with Crippen LogP contribution in [0.15, 0.2) is 23.6 Å². The summed E-state index contributed by atoms with van der Waals surface area (Å²) < 4.78 is 0. The maximum Gasteiger partial charge on any atom is 0.294 e. The molecule has 0 radical (unpaired) electrons. The van der Waals surface area contributed by atoms with Crippen molar-refractivity contribution in [2.24, 2.45) is 0 Å². The lowest BCUT2D eigenvalue weighted by atomic mass is 10.2. The van der Waals surface area contributed by atoms with Crippen LogP contribution >= 0.6 is 22.9 Å². The highest BCUT2D eigenvalue weighted by Crippen LogP contribution is 2.31. The van der Waals surface area contributed by atoms with E-state index < -0.39 is 4.92 Å². The third-order valence-corrected chi connectivity index (χ3v) is 3.77. The van der Waals surface area contributed by atoms with Crippen molar-refractivity contribution in [1.82, 2.24) is 4.98 Å². The molecule has 7 heteroatoms. The van der Waals surface area contributed by atoms with Crippen LogP contribution in [0, 0.1) is 17.0 Å². The molecule has 0 spiro atoms. The third kappa shape index (κ3) is 3.21. The Bertz CT molecular complexity index is 615. The first-order valence-corrected chi connectivity index (χ1v) is 6.79. The summed E-state index contributed by atoms with van der Waals surface area (Å²) in [6.07, 6.45) is 0. The van der Waals surface area contributed by atoms with Gasteiger partial charge in [-0.05, 0) is 19.1 Å². The Labute approximate surface area is 119 Å². The van der Waals surface area contributed by atoms with E-state index in [4.69, 9.17) is 11.6 Å². The van der Waals surface area contributed by atoms with E-state index in [1.54, 1.807) is 35.4 Å². The van der Waals surface area contributed by atoms with Crippen LogP contribution < -0.4 is 4.90 Å². The van der Waals surface area contributed by atoms with Crippen molar-refractivity contribution in [2.45, 2.75) is 13.5 Å². The van der Waals surface area contributed by atoms with Gasteiger partial charge in [-0.15, -0.1) is 11.3 Å². The molecule has 0 amide bonds. The molecule has 2 rings (SSSR count). The molecule has 0 unspecified atom stereocenters. The molecule has 0 aliphatic heterocycles. The molecule has 100 valence electrons. The van der Waals surface area contributed by atoms with Crippen molar-refractivity contribution in [3.8, 4) is 0 Å². The van der Waals surface area contributed by atoms with Crippen LogP contribution in [0.1, 0.15) is 10.7 Å². The number of aromatic nitrogens is 1. The molecule has 0 bridgehead atoms. The Morgan fingerprint density at radius 1 is 1.53 bits per heavy atom. The summed E-state index contributed by atoms with van der Waals surface area (Å²) in [5, 5.41) is 14.3. The smallest absolute Gasteiger partial charge is 0.294 e. The van der Waals surface area contributed by atoms with Crippen LogP contribution in [0.2, 0.25) is 5.02 Å². The second kappa shape index (κ2) is 5.54. The molecule has 0 saturated carbocycles. The third-order valence-electron chi connectivity index (χ3n) is 2.58. The second-order valence-electron chi connectivity index (χ2n) is 4.13. The van der Waals surface area contributed by atoms with Crippen molar-refractivity contribution >= 4 is 34.3 Å². The highest BCUT2D eigenvalue weighted by atomic mass is 35.5. The van der Waals surface area contributed by atoms with Gasteiger partial charge in [-0.1, -0.05) is 11.6 Å². The highest BCUT2D eigenvalue weighted by molar-refractivity contribution is 7.09. The first-order valence-electron chi connectivity index (χ1n) is 5.53. The van der Waals surface area contributed by atoms with E-state index in [0.29, 0.717) is 17.3 Å². The van der Waals surface area contributed by atoms with Crippen molar-refractivity contribution in [3.63, 3.8) is 0 Å². The van der Waals surface area contributed by atoms with Crippen LogP contribution in [0.4, 0.5) is 11.4 Å². The molecule has 0 N–H and O–H groups in total. The molecule has 0 atom stereocenters. The first-order chi connectivity index (χ1) is 8.97. The molecule has 0 aliphatic carbocycles. The molecular weight excluding hydrogens is 286 g/mol. The summed E-state index contributed by atoms with van der Waals surface area (Å²) in [6, 6.07) is 4.66. The van der Waals surface area contributed by atoms with Crippen LogP contribution in [-0.4, -0.2) is 17.0 Å².